The van der Waals surface area contributed by atoms with Gasteiger partial charge in [-0.15, -0.1) is 0 Å². The maximum atomic E-state index is 11.8. The average Bonchev–Trinajstić information content (AvgIpc) is 2.77. The molecule has 3 aromatic rings. The summed E-state index contributed by atoms with van der Waals surface area (Å²) < 4.78 is 33.3. The smallest absolute Gasteiger partial charge is 0.336 e. The van der Waals surface area contributed by atoms with Crippen molar-refractivity contribution < 1.29 is 38.3 Å². The Bertz CT molecular complexity index is 1130. The first-order valence-electron chi connectivity index (χ1n) is 9.04. The fraction of sp³-hybridized carbons (Fsp3) is 0.286. The number of methoxy groups -OCH3 is 3. The maximum Gasteiger partial charge on any atom is 0.336 e. The molecule has 9 heteroatoms. The third-order valence-corrected chi connectivity index (χ3v) is 4.87. The monoisotopic (exact) mass is 416 g/mol. The van der Waals surface area contributed by atoms with E-state index in [0.29, 0.717) is 16.7 Å². The molecule has 0 fully saturated rings. The van der Waals surface area contributed by atoms with E-state index < -0.39 is 17.8 Å². The lowest BCUT2D eigenvalue weighted by Gasteiger charge is -2.34. The topological polar surface area (TPSA) is 117 Å². The molecule has 0 radical (unpaired) electrons. The van der Waals surface area contributed by atoms with Crippen LogP contribution >= 0.6 is 0 Å². The summed E-state index contributed by atoms with van der Waals surface area (Å²) in [5, 5.41) is 20.7. The molecule has 2 aromatic carbocycles. The summed E-state index contributed by atoms with van der Waals surface area (Å²) >= 11 is 0. The number of aliphatic hydroxyl groups excluding tert-OH is 1. The molecule has 158 valence electrons. The molecule has 4 rings (SSSR count). The highest BCUT2D eigenvalue weighted by Gasteiger charge is 2.37. The lowest BCUT2D eigenvalue weighted by molar-refractivity contribution is -0.0137. The molecule has 2 heterocycles. The van der Waals surface area contributed by atoms with Crippen LogP contribution in [0.5, 0.6) is 34.5 Å². The van der Waals surface area contributed by atoms with Gasteiger partial charge in [-0.05, 0) is 24.3 Å². The van der Waals surface area contributed by atoms with Crippen molar-refractivity contribution in [3.8, 4) is 34.5 Å². The van der Waals surface area contributed by atoms with Gasteiger partial charge < -0.3 is 38.3 Å². The summed E-state index contributed by atoms with van der Waals surface area (Å²) in [6, 6.07) is 7.65. The number of hydrogen-bond donors (Lipinski definition) is 2. The van der Waals surface area contributed by atoms with Gasteiger partial charge in [0.05, 0.1) is 27.9 Å². The first kappa shape index (κ1) is 19.7. The van der Waals surface area contributed by atoms with E-state index in [0.717, 1.165) is 0 Å². The summed E-state index contributed by atoms with van der Waals surface area (Å²) in [5.41, 5.74) is 0.158. The van der Waals surface area contributed by atoms with E-state index in [1.807, 2.05) is 0 Å². The second kappa shape index (κ2) is 7.68. The number of fused-ring (bicyclic) bond motifs is 3. The lowest BCUT2D eigenvalue weighted by atomic mass is 10.0. The molecule has 9 nitrogen and oxygen atoms in total. The van der Waals surface area contributed by atoms with Crippen LogP contribution in [0.25, 0.3) is 11.0 Å². The van der Waals surface area contributed by atoms with Crippen molar-refractivity contribution >= 4 is 11.0 Å². The van der Waals surface area contributed by atoms with E-state index in [1.165, 1.54) is 27.4 Å². The van der Waals surface area contributed by atoms with Gasteiger partial charge in [0.15, 0.2) is 35.0 Å². The highest BCUT2D eigenvalue weighted by Crippen LogP contribution is 2.50. The third kappa shape index (κ3) is 3.13. The molecule has 0 amide bonds. The van der Waals surface area contributed by atoms with Crippen LogP contribution in [-0.4, -0.2) is 44.3 Å². The largest absolute Gasteiger partial charge is 0.502 e. The molecular weight excluding hydrogens is 396 g/mol. The highest BCUT2D eigenvalue weighted by molar-refractivity contribution is 5.88. The van der Waals surface area contributed by atoms with Crippen molar-refractivity contribution in [2.75, 3.05) is 27.9 Å². The number of phenolic OH excluding ortho intramolecular Hbond substituents is 1. The fourth-order valence-corrected chi connectivity index (χ4v) is 3.42. The first-order valence-corrected chi connectivity index (χ1v) is 9.04. The van der Waals surface area contributed by atoms with Crippen molar-refractivity contribution in [3.63, 3.8) is 0 Å². The third-order valence-electron chi connectivity index (χ3n) is 4.87. The Kier molecular flexibility index (Phi) is 5.04. The molecule has 2 atom stereocenters. The molecule has 0 saturated carbocycles. The van der Waals surface area contributed by atoms with Crippen molar-refractivity contribution in [2.45, 2.75) is 12.2 Å². The minimum atomic E-state index is -0.827. The summed E-state index contributed by atoms with van der Waals surface area (Å²) in [6.07, 6.45) is -1.65. The van der Waals surface area contributed by atoms with E-state index in [4.69, 9.17) is 28.1 Å². The Morgan fingerprint density at radius 3 is 2.20 bits per heavy atom. The number of aromatic hydroxyl groups is 1. The molecule has 0 spiro atoms. The predicted octanol–water partition coefficient (Wildman–Crippen LogP) is 2.40. The number of aliphatic hydroxyl groups is 1. The van der Waals surface area contributed by atoms with Crippen LogP contribution in [0.1, 0.15) is 11.7 Å². The van der Waals surface area contributed by atoms with Crippen LogP contribution in [0.3, 0.4) is 0 Å². The van der Waals surface area contributed by atoms with Gasteiger partial charge in [-0.25, -0.2) is 4.79 Å². The lowest BCUT2D eigenvalue weighted by Crippen LogP contribution is -2.36. The van der Waals surface area contributed by atoms with E-state index in [2.05, 4.69) is 0 Å². The Labute approximate surface area is 170 Å². The molecule has 30 heavy (non-hydrogen) atoms. The van der Waals surface area contributed by atoms with Gasteiger partial charge in [0.1, 0.15) is 0 Å². The molecule has 0 aliphatic carbocycles. The fourth-order valence-electron chi connectivity index (χ4n) is 3.42. The van der Waals surface area contributed by atoms with Gasteiger partial charge in [-0.1, -0.05) is 0 Å². The molecule has 1 aromatic heterocycles. The van der Waals surface area contributed by atoms with Crippen molar-refractivity contribution in [3.05, 3.63) is 46.3 Å². The zero-order valence-corrected chi connectivity index (χ0v) is 16.5. The van der Waals surface area contributed by atoms with Crippen LogP contribution in [0.15, 0.2) is 39.5 Å². The maximum absolute atomic E-state index is 11.8. The first-order chi connectivity index (χ1) is 14.5. The summed E-state index contributed by atoms with van der Waals surface area (Å²) in [7, 11) is 4.28. The van der Waals surface area contributed by atoms with Crippen LogP contribution in [-0.2, 0) is 0 Å². The average molecular weight is 416 g/mol. The van der Waals surface area contributed by atoms with Gasteiger partial charge in [0, 0.05) is 17.0 Å². The van der Waals surface area contributed by atoms with Crippen LogP contribution in [0.2, 0.25) is 0 Å². The number of rotatable bonds is 5. The Balaban J connectivity index is 1.91. The minimum Gasteiger partial charge on any atom is -0.502 e. The molecular formula is C21H20O9. The molecule has 0 bridgehead atoms. The SMILES string of the molecule is COc1cc([C@H]2Oc3c(c(OC)cc4ccc(=O)oc34)O[C@@H]2CO)cc(OC)c1O. The van der Waals surface area contributed by atoms with Gasteiger partial charge >= 0.3 is 5.63 Å². The number of benzene rings is 2. The Hall–Kier alpha value is -3.59. The van der Waals surface area contributed by atoms with E-state index in [9.17, 15) is 15.0 Å². The minimum absolute atomic E-state index is 0.164. The summed E-state index contributed by atoms with van der Waals surface area (Å²) in [6.45, 7) is -0.379. The zero-order chi connectivity index (χ0) is 21.4. The molecule has 2 N–H and O–H groups in total. The molecule has 1 aliphatic rings. The second-order valence-electron chi connectivity index (χ2n) is 6.56. The quantitative estimate of drug-likeness (QED) is 0.605. The van der Waals surface area contributed by atoms with Crippen LogP contribution in [0.4, 0.5) is 0 Å². The summed E-state index contributed by atoms with van der Waals surface area (Å²) in [5.74, 6) is 0.911. The zero-order valence-electron chi connectivity index (χ0n) is 16.5. The second-order valence-corrected chi connectivity index (χ2v) is 6.56. The molecule has 1 aliphatic heterocycles. The number of phenols is 1. The number of ether oxygens (including phenoxy) is 5. The van der Waals surface area contributed by atoms with Gasteiger partial charge in [-0.2, -0.15) is 0 Å². The Morgan fingerprint density at radius 1 is 0.933 bits per heavy atom. The summed E-state index contributed by atoms with van der Waals surface area (Å²) in [4.78, 5) is 11.8. The predicted molar refractivity (Wildman–Crippen MR) is 105 cm³/mol. The standard InChI is InChI=1S/C21H20O9/c1-25-12-7-11(8-13(26-2)17(12)24)18-15(9-22)28-20-14(27-3)6-10-4-5-16(23)29-19(10)21(20)30-18/h4-8,15,18,22,24H,9H2,1-3H3/t15-,18-/m1/s1. The number of hydrogen-bond acceptors (Lipinski definition) is 9. The van der Waals surface area contributed by atoms with E-state index >= 15 is 0 Å². The normalized spacial score (nSPS) is 17.6. The van der Waals surface area contributed by atoms with Crippen LogP contribution < -0.4 is 29.3 Å². The van der Waals surface area contributed by atoms with Gasteiger partial charge in [0.2, 0.25) is 17.2 Å². The highest BCUT2D eigenvalue weighted by atomic mass is 16.6. The van der Waals surface area contributed by atoms with Crippen molar-refractivity contribution in [1.29, 1.82) is 0 Å². The Morgan fingerprint density at radius 2 is 1.60 bits per heavy atom. The van der Waals surface area contributed by atoms with Gasteiger partial charge in [-0.3, -0.25) is 0 Å². The van der Waals surface area contributed by atoms with E-state index in [-0.39, 0.29) is 40.9 Å². The van der Waals surface area contributed by atoms with Crippen molar-refractivity contribution in [2.24, 2.45) is 0 Å². The molecule has 0 saturated heterocycles. The van der Waals surface area contributed by atoms with Crippen molar-refractivity contribution in [1.82, 2.24) is 0 Å². The van der Waals surface area contributed by atoms with Gasteiger partial charge in [0.25, 0.3) is 0 Å². The van der Waals surface area contributed by atoms with Crippen LogP contribution in [0, 0.1) is 0 Å². The molecule has 0 unspecified atom stereocenters. The van der Waals surface area contributed by atoms with E-state index in [1.54, 1.807) is 24.3 Å².